The van der Waals surface area contributed by atoms with Crippen LogP contribution < -0.4 is 5.32 Å². The lowest BCUT2D eigenvalue weighted by atomic mass is 9.69. The second-order valence-corrected chi connectivity index (χ2v) is 8.36. The number of halogens is 1. The van der Waals surface area contributed by atoms with Crippen LogP contribution in [0.5, 0.6) is 0 Å². The molecule has 1 amide bonds. The monoisotopic (exact) mass is 421 g/mol. The SMILES string of the molecule is O=C(CCCc1nc(-c2ccc(F)cc2)no1)NCC1(c2ccccc2)CCCCC1. The van der Waals surface area contributed by atoms with Gasteiger partial charge in [0.25, 0.3) is 0 Å². The van der Waals surface area contributed by atoms with Crippen molar-refractivity contribution < 1.29 is 13.7 Å². The molecule has 0 spiro atoms. The number of nitrogens with zero attached hydrogens (tertiary/aromatic N) is 2. The lowest BCUT2D eigenvalue weighted by Crippen LogP contribution is -2.42. The van der Waals surface area contributed by atoms with Gasteiger partial charge in [0.1, 0.15) is 5.82 Å². The lowest BCUT2D eigenvalue weighted by Gasteiger charge is -2.38. The molecule has 1 aliphatic carbocycles. The molecule has 6 heteroatoms. The third kappa shape index (κ3) is 5.37. The Hall–Kier alpha value is -3.02. The second-order valence-electron chi connectivity index (χ2n) is 8.36. The van der Waals surface area contributed by atoms with Gasteiger partial charge in [-0.3, -0.25) is 4.79 Å². The number of aryl methyl sites for hydroxylation is 1. The quantitative estimate of drug-likeness (QED) is 0.542. The lowest BCUT2D eigenvalue weighted by molar-refractivity contribution is -0.121. The van der Waals surface area contributed by atoms with Gasteiger partial charge in [0, 0.05) is 30.4 Å². The Morgan fingerprint density at radius 3 is 2.52 bits per heavy atom. The van der Waals surface area contributed by atoms with Crippen molar-refractivity contribution in [2.75, 3.05) is 6.54 Å². The minimum atomic E-state index is -0.305. The van der Waals surface area contributed by atoms with Crippen molar-refractivity contribution in [3.05, 3.63) is 71.9 Å². The Balaban J connectivity index is 1.27. The van der Waals surface area contributed by atoms with Gasteiger partial charge in [-0.05, 0) is 49.1 Å². The van der Waals surface area contributed by atoms with Crippen LogP contribution >= 0.6 is 0 Å². The van der Waals surface area contributed by atoms with Gasteiger partial charge in [-0.2, -0.15) is 4.98 Å². The zero-order valence-corrected chi connectivity index (χ0v) is 17.6. The van der Waals surface area contributed by atoms with Crippen molar-refractivity contribution in [2.24, 2.45) is 0 Å². The molecule has 1 aliphatic rings. The van der Waals surface area contributed by atoms with Gasteiger partial charge in [-0.15, -0.1) is 0 Å². The summed E-state index contributed by atoms with van der Waals surface area (Å²) in [7, 11) is 0. The van der Waals surface area contributed by atoms with Gasteiger partial charge in [-0.1, -0.05) is 54.8 Å². The zero-order chi connectivity index (χ0) is 21.5. The van der Waals surface area contributed by atoms with E-state index in [1.54, 1.807) is 12.1 Å². The molecule has 1 aromatic heterocycles. The molecule has 0 saturated heterocycles. The zero-order valence-electron chi connectivity index (χ0n) is 17.6. The molecule has 1 heterocycles. The Morgan fingerprint density at radius 1 is 1.03 bits per heavy atom. The maximum Gasteiger partial charge on any atom is 0.226 e. The number of amides is 1. The molecular weight excluding hydrogens is 393 g/mol. The molecule has 162 valence electrons. The molecule has 1 saturated carbocycles. The topological polar surface area (TPSA) is 68.0 Å². The molecular formula is C25H28FN3O2. The summed E-state index contributed by atoms with van der Waals surface area (Å²) in [6.07, 6.45) is 7.50. The first-order valence-electron chi connectivity index (χ1n) is 11.1. The van der Waals surface area contributed by atoms with E-state index >= 15 is 0 Å². The number of carbonyl (C=O) groups excluding carboxylic acids is 1. The van der Waals surface area contributed by atoms with Crippen molar-refractivity contribution in [3.8, 4) is 11.4 Å². The van der Waals surface area contributed by atoms with E-state index in [2.05, 4.69) is 39.7 Å². The normalized spacial score (nSPS) is 15.5. The summed E-state index contributed by atoms with van der Waals surface area (Å²) in [4.78, 5) is 16.8. The number of rotatable bonds is 8. The van der Waals surface area contributed by atoms with Crippen molar-refractivity contribution in [3.63, 3.8) is 0 Å². The summed E-state index contributed by atoms with van der Waals surface area (Å²) in [5.41, 5.74) is 2.08. The van der Waals surface area contributed by atoms with Gasteiger partial charge >= 0.3 is 0 Å². The van der Waals surface area contributed by atoms with E-state index in [4.69, 9.17) is 4.52 Å². The van der Waals surface area contributed by atoms with Crippen LogP contribution in [0, 0.1) is 5.82 Å². The third-order valence-electron chi connectivity index (χ3n) is 6.19. The number of nitrogens with one attached hydrogen (secondary N) is 1. The largest absolute Gasteiger partial charge is 0.355 e. The van der Waals surface area contributed by atoms with Gasteiger partial charge in [0.2, 0.25) is 17.6 Å². The Morgan fingerprint density at radius 2 is 1.77 bits per heavy atom. The summed E-state index contributed by atoms with van der Waals surface area (Å²) in [5.74, 6) is 0.668. The molecule has 31 heavy (non-hydrogen) atoms. The standard InChI is InChI=1S/C25H28FN3O2/c26-21-14-12-19(13-15-21)24-28-23(31-29-24)11-7-10-22(30)27-18-25(16-5-2-6-17-25)20-8-3-1-4-9-20/h1,3-4,8-9,12-15H,2,5-7,10-11,16-18H2,(H,27,30). The van der Waals surface area contributed by atoms with Crippen LogP contribution in [-0.4, -0.2) is 22.6 Å². The van der Waals surface area contributed by atoms with Crippen molar-refractivity contribution in [1.82, 2.24) is 15.5 Å². The van der Waals surface area contributed by atoms with E-state index in [9.17, 15) is 9.18 Å². The Labute approximate surface area is 182 Å². The average Bonchev–Trinajstić information content (AvgIpc) is 3.28. The van der Waals surface area contributed by atoms with Crippen molar-refractivity contribution >= 4 is 5.91 Å². The highest BCUT2D eigenvalue weighted by molar-refractivity contribution is 5.76. The molecule has 4 rings (SSSR count). The number of benzene rings is 2. The molecule has 1 N–H and O–H groups in total. The first kappa shape index (κ1) is 21.2. The molecule has 0 unspecified atom stereocenters. The van der Waals surface area contributed by atoms with Crippen LogP contribution in [0.1, 0.15) is 56.4 Å². The Bertz CT molecular complexity index is 980. The number of hydrogen-bond acceptors (Lipinski definition) is 4. The van der Waals surface area contributed by atoms with Gasteiger partial charge in [0.05, 0.1) is 0 Å². The molecule has 5 nitrogen and oxygen atoms in total. The van der Waals surface area contributed by atoms with Gasteiger partial charge in [0.15, 0.2) is 0 Å². The molecule has 3 aromatic rings. The van der Waals surface area contributed by atoms with Crippen LogP contribution in [0.3, 0.4) is 0 Å². The van der Waals surface area contributed by atoms with E-state index in [0.29, 0.717) is 43.1 Å². The summed E-state index contributed by atoms with van der Waals surface area (Å²) in [6, 6.07) is 16.5. The molecule has 0 aliphatic heterocycles. The van der Waals surface area contributed by atoms with E-state index in [1.807, 2.05) is 6.07 Å². The number of carbonyl (C=O) groups is 1. The minimum Gasteiger partial charge on any atom is -0.355 e. The first-order chi connectivity index (χ1) is 15.1. The smallest absolute Gasteiger partial charge is 0.226 e. The van der Waals surface area contributed by atoms with Crippen molar-refractivity contribution in [2.45, 2.75) is 56.8 Å². The maximum absolute atomic E-state index is 13.0. The maximum atomic E-state index is 13.0. The number of aromatic nitrogens is 2. The van der Waals surface area contributed by atoms with Crippen LogP contribution in [0.2, 0.25) is 0 Å². The van der Waals surface area contributed by atoms with Gasteiger partial charge in [-0.25, -0.2) is 4.39 Å². The first-order valence-corrected chi connectivity index (χ1v) is 11.1. The average molecular weight is 422 g/mol. The summed E-state index contributed by atoms with van der Waals surface area (Å²) in [5, 5.41) is 7.12. The fourth-order valence-corrected chi connectivity index (χ4v) is 4.42. The molecule has 2 aromatic carbocycles. The molecule has 0 radical (unpaired) electrons. The number of hydrogen-bond donors (Lipinski definition) is 1. The van der Waals surface area contributed by atoms with Crippen LogP contribution in [0.4, 0.5) is 4.39 Å². The highest BCUT2D eigenvalue weighted by Gasteiger charge is 2.33. The van der Waals surface area contributed by atoms with Crippen LogP contribution in [0.25, 0.3) is 11.4 Å². The van der Waals surface area contributed by atoms with E-state index < -0.39 is 0 Å². The fraction of sp³-hybridized carbons (Fsp3) is 0.400. The summed E-state index contributed by atoms with van der Waals surface area (Å²) < 4.78 is 18.3. The van der Waals surface area contributed by atoms with Gasteiger partial charge < -0.3 is 9.84 Å². The molecule has 1 fully saturated rings. The summed E-state index contributed by atoms with van der Waals surface area (Å²) >= 11 is 0. The molecule has 0 atom stereocenters. The minimum absolute atomic E-state index is 0.0473. The van der Waals surface area contributed by atoms with Crippen LogP contribution in [0.15, 0.2) is 59.1 Å². The highest BCUT2D eigenvalue weighted by Crippen LogP contribution is 2.38. The predicted molar refractivity (Wildman–Crippen MR) is 117 cm³/mol. The highest BCUT2D eigenvalue weighted by atomic mass is 19.1. The second kappa shape index (κ2) is 9.86. The molecule has 0 bridgehead atoms. The van der Waals surface area contributed by atoms with Crippen LogP contribution in [-0.2, 0) is 16.6 Å². The fourth-order valence-electron chi connectivity index (χ4n) is 4.42. The van der Waals surface area contributed by atoms with Crippen molar-refractivity contribution in [1.29, 1.82) is 0 Å². The Kier molecular flexibility index (Phi) is 6.75. The van der Waals surface area contributed by atoms with E-state index in [0.717, 1.165) is 12.8 Å². The third-order valence-corrected chi connectivity index (χ3v) is 6.19. The van der Waals surface area contributed by atoms with E-state index in [-0.39, 0.29) is 17.1 Å². The predicted octanol–water partition coefficient (Wildman–Crippen LogP) is 5.22. The van der Waals surface area contributed by atoms with E-state index in [1.165, 1.54) is 37.0 Å². The summed E-state index contributed by atoms with van der Waals surface area (Å²) in [6.45, 7) is 0.686.